The third kappa shape index (κ3) is 4.63. The smallest absolute Gasteiger partial charge is 0.328 e. The van der Waals surface area contributed by atoms with Crippen molar-refractivity contribution in [2.24, 2.45) is 16.7 Å². The van der Waals surface area contributed by atoms with Gasteiger partial charge < -0.3 is 5.32 Å². The lowest BCUT2D eigenvalue weighted by molar-refractivity contribution is -0.128. The SMILES string of the molecule is CCCCNC(=O)NS(=O)(=O)c1ccc(NS(=O)(=O)C[C@@]23CC[C@H](CC2=O)C3(C)C)cc1. The third-order valence-electron chi connectivity index (χ3n) is 7.06. The van der Waals surface area contributed by atoms with Gasteiger partial charge in [-0.15, -0.1) is 0 Å². The average Bonchev–Trinajstić information content (AvgIpc) is 3.02. The summed E-state index contributed by atoms with van der Waals surface area (Å²) < 4.78 is 54.8. The second kappa shape index (κ2) is 8.66. The van der Waals surface area contributed by atoms with E-state index in [1.807, 2.05) is 25.5 Å². The van der Waals surface area contributed by atoms with E-state index in [9.17, 15) is 26.4 Å². The molecule has 2 atom stereocenters. The first kappa shape index (κ1) is 24.5. The van der Waals surface area contributed by atoms with Crippen LogP contribution in [0.2, 0.25) is 0 Å². The molecule has 2 bridgehead atoms. The number of benzene rings is 1. The number of nitrogens with one attached hydrogen (secondary N) is 3. The first-order valence-corrected chi connectivity index (χ1v) is 13.9. The average molecular weight is 486 g/mol. The molecule has 2 saturated carbocycles. The van der Waals surface area contributed by atoms with E-state index in [0.29, 0.717) is 19.4 Å². The Morgan fingerprint density at radius 2 is 1.78 bits per heavy atom. The summed E-state index contributed by atoms with van der Waals surface area (Å²) in [5.41, 5.74) is -1.08. The fraction of sp³-hybridized carbons (Fsp3) is 0.619. The number of rotatable bonds is 9. The van der Waals surface area contributed by atoms with E-state index in [-0.39, 0.29) is 33.5 Å². The lowest BCUT2D eigenvalue weighted by atomic mass is 9.70. The Morgan fingerprint density at radius 3 is 2.31 bits per heavy atom. The Hall–Kier alpha value is -2.14. The van der Waals surface area contributed by atoms with Crippen LogP contribution in [0.3, 0.4) is 0 Å². The summed E-state index contributed by atoms with van der Waals surface area (Å²) in [5.74, 6) is -0.0720. The van der Waals surface area contributed by atoms with Gasteiger partial charge in [0.15, 0.2) is 0 Å². The molecule has 0 saturated heterocycles. The Balaban J connectivity index is 1.67. The molecule has 178 valence electrons. The zero-order valence-corrected chi connectivity index (χ0v) is 20.2. The highest BCUT2D eigenvalue weighted by atomic mass is 32.2. The maximum absolute atomic E-state index is 12.9. The summed E-state index contributed by atoms with van der Waals surface area (Å²) in [7, 11) is -7.94. The van der Waals surface area contributed by atoms with Crippen molar-refractivity contribution in [2.45, 2.75) is 57.8 Å². The predicted molar refractivity (Wildman–Crippen MR) is 121 cm³/mol. The summed E-state index contributed by atoms with van der Waals surface area (Å²) in [6, 6.07) is 4.25. The summed E-state index contributed by atoms with van der Waals surface area (Å²) in [6.07, 6.45) is 3.42. The summed E-state index contributed by atoms with van der Waals surface area (Å²) in [5, 5.41) is 2.46. The number of amides is 2. The van der Waals surface area contributed by atoms with Crippen LogP contribution in [0, 0.1) is 16.7 Å². The number of anilines is 1. The highest BCUT2D eigenvalue weighted by Crippen LogP contribution is 2.64. The van der Waals surface area contributed by atoms with Gasteiger partial charge in [-0.3, -0.25) is 9.52 Å². The molecule has 2 amide bonds. The molecule has 0 unspecified atom stereocenters. The van der Waals surface area contributed by atoms with Crippen LogP contribution in [-0.4, -0.2) is 40.9 Å². The second-order valence-corrected chi connectivity index (χ2v) is 12.7. The van der Waals surface area contributed by atoms with Gasteiger partial charge in [-0.2, -0.15) is 0 Å². The zero-order valence-electron chi connectivity index (χ0n) is 18.6. The van der Waals surface area contributed by atoms with Crippen molar-refractivity contribution in [3.8, 4) is 0 Å². The van der Waals surface area contributed by atoms with E-state index in [0.717, 1.165) is 19.3 Å². The molecule has 2 fully saturated rings. The molecule has 0 radical (unpaired) electrons. The normalized spacial score (nSPS) is 24.3. The van der Waals surface area contributed by atoms with Crippen molar-refractivity contribution in [3.63, 3.8) is 0 Å². The maximum Gasteiger partial charge on any atom is 0.328 e. The second-order valence-electron chi connectivity index (χ2n) is 9.27. The van der Waals surface area contributed by atoms with Gasteiger partial charge in [-0.05, 0) is 54.9 Å². The molecule has 1 aromatic carbocycles. The predicted octanol–water partition coefficient (Wildman–Crippen LogP) is 2.61. The molecule has 11 heteroatoms. The van der Waals surface area contributed by atoms with Gasteiger partial charge in [0.25, 0.3) is 10.0 Å². The molecule has 9 nitrogen and oxygen atoms in total. The number of hydrogen-bond acceptors (Lipinski definition) is 6. The van der Waals surface area contributed by atoms with E-state index in [2.05, 4.69) is 10.0 Å². The minimum absolute atomic E-state index is 0.00820. The number of ketones is 1. The van der Waals surface area contributed by atoms with E-state index in [4.69, 9.17) is 0 Å². The Kier molecular flexibility index (Phi) is 6.63. The van der Waals surface area contributed by atoms with Crippen LogP contribution in [0.1, 0.15) is 52.9 Å². The molecule has 0 heterocycles. The van der Waals surface area contributed by atoms with Crippen LogP contribution in [0.4, 0.5) is 10.5 Å². The topological polar surface area (TPSA) is 139 Å². The van der Waals surface area contributed by atoms with Crippen molar-refractivity contribution >= 4 is 37.5 Å². The molecule has 1 aromatic rings. The highest BCUT2D eigenvalue weighted by molar-refractivity contribution is 7.92. The largest absolute Gasteiger partial charge is 0.337 e. The first-order chi connectivity index (χ1) is 14.8. The van der Waals surface area contributed by atoms with Crippen molar-refractivity contribution in [2.75, 3.05) is 17.0 Å². The van der Waals surface area contributed by atoms with E-state index in [1.54, 1.807) is 0 Å². The molecule has 2 aliphatic rings. The minimum atomic E-state index is -4.09. The molecule has 3 rings (SSSR count). The van der Waals surface area contributed by atoms with Gasteiger partial charge in [-0.1, -0.05) is 27.2 Å². The molecule has 2 aliphatic carbocycles. The lowest BCUT2D eigenvalue weighted by Crippen LogP contribution is -2.43. The molecule has 3 N–H and O–H groups in total. The van der Waals surface area contributed by atoms with Gasteiger partial charge >= 0.3 is 6.03 Å². The number of carbonyl (C=O) groups is 2. The number of urea groups is 1. The van der Waals surface area contributed by atoms with Crippen LogP contribution < -0.4 is 14.8 Å². The number of hydrogen-bond donors (Lipinski definition) is 3. The van der Waals surface area contributed by atoms with Crippen LogP contribution in [0.15, 0.2) is 29.2 Å². The van der Waals surface area contributed by atoms with Gasteiger partial charge in [-0.25, -0.2) is 26.4 Å². The minimum Gasteiger partial charge on any atom is -0.337 e. The van der Waals surface area contributed by atoms with Crippen LogP contribution in [0.5, 0.6) is 0 Å². The van der Waals surface area contributed by atoms with Crippen LogP contribution >= 0.6 is 0 Å². The molecular weight excluding hydrogens is 454 g/mol. The fourth-order valence-corrected chi connectivity index (χ4v) is 7.77. The Labute approximate surface area is 189 Å². The Morgan fingerprint density at radius 1 is 1.12 bits per heavy atom. The number of sulfonamides is 2. The summed E-state index contributed by atoms with van der Waals surface area (Å²) >= 11 is 0. The molecule has 0 aromatic heterocycles. The number of Topliss-reactive ketones (excluding diaryl/α,β-unsaturated/α-hetero) is 1. The standard InChI is InChI=1S/C21H31N3O6S2/c1-4-5-12-22-19(26)24-32(29,30)17-8-6-16(7-9-17)23-31(27,28)14-21-11-10-15(13-18(21)25)20(21,2)3/h6-9,15,23H,4-5,10-14H2,1-3H3,(H2,22,24,26)/t15-,21+/m1/s1. The number of fused-ring (bicyclic) bond motifs is 2. The molecular formula is C21H31N3O6S2. The quantitative estimate of drug-likeness (QED) is 0.460. The van der Waals surface area contributed by atoms with E-state index >= 15 is 0 Å². The van der Waals surface area contributed by atoms with Crippen molar-refractivity contribution in [1.82, 2.24) is 10.0 Å². The number of unbranched alkanes of at least 4 members (excludes halogenated alkanes) is 1. The molecule has 32 heavy (non-hydrogen) atoms. The van der Waals surface area contributed by atoms with Gasteiger partial charge in [0.2, 0.25) is 10.0 Å². The third-order valence-corrected chi connectivity index (χ3v) is 9.82. The molecule has 0 spiro atoms. The van der Waals surface area contributed by atoms with Gasteiger partial charge in [0.1, 0.15) is 5.78 Å². The fourth-order valence-electron chi connectivity index (χ4n) is 4.95. The van der Waals surface area contributed by atoms with Gasteiger partial charge in [0, 0.05) is 18.7 Å². The van der Waals surface area contributed by atoms with Crippen molar-refractivity contribution in [3.05, 3.63) is 24.3 Å². The summed E-state index contributed by atoms with van der Waals surface area (Å²) in [4.78, 5) is 24.2. The highest BCUT2D eigenvalue weighted by Gasteiger charge is 2.65. The van der Waals surface area contributed by atoms with Crippen LogP contribution in [-0.2, 0) is 24.8 Å². The molecule has 0 aliphatic heterocycles. The van der Waals surface area contributed by atoms with Crippen molar-refractivity contribution in [1.29, 1.82) is 0 Å². The van der Waals surface area contributed by atoms with Gasteiger partial charge in [0.05, 0.1) is 16.1 Å². The van der Waals surface area contributed by atoms with E-state index < -0.39 is 31.5 Å². The first-order valence-electron chi connectivity index (χ1n) is 10.8. The maximum atomic E-state index is 12.9. The Bertz CT molecular complexity index is 1100. The van der Waals surface area contributed by atoms with E-state index in [1.165, 1.54) is 24.3 Å². The monoisotopic (exact) mass is 485 g/mol. The van der Waals surface area contributed by atoms with Crippen molar-refractivity contribution < 1.29 is 26.4 Å². The number of carbonyl (C=O) groups excluding carboxylic acids is 2. The lowest BCUT2D eigenvalue weighted by Gasteiger charge is -2.36. The summed E-state index contributed by atoms with van der Waals surface area (Å²) in [6.45, 7) is 6.25. The zero-order chi connectivity index (χ0) is 23.8. The van der Waals surface area contributed by atoms with Crippen LogP contribution in [0.25, 0.3) is 0 Å².